The molecule has 1 aromatic carbocycles. The molecule has 1 unspecified atom stereocenters. The summed E-state index contributed by atoms with van der Waals surface area (Å²) < 4.78 is 25.2. The number of nitrogens with two attached hydrogens (primary N) is 1. The predicted molar refractivity (Wildman–Crippen MR) is 71.6 cm³/mol. The van der Waals surface area contributed by atoms with Crippen LogP contribution in [0.2, 0.25) is 0 Å². The first-order valence-electron chi connectivity index (χ1n) is 7.03. The molecule has 0 aromatic heterocycles. The van der Waals surface area contributed by atoms with Crippen LogP contribution < -0.4 is 10.5 Å². The van der Waals surface area contributed by atoms with Gasteiger partial charge in [-0.25, -0.2) is 4.39 Å². The molecule has 4 heteroatoms. The van der Waals surface area contributed by atoms with Crippen LogP contribution in [0.1, 0.15) is 38.5 Å². The molecule has 0 bridgehead atoms. The van der Waals surface area contributed by atoms with Gasteiger partial charge in [-0.1, -0.05) is 12.8 Å². The van der Waals surface area contributed by atoms with Gasteiger partial charge in [-0.05, 0) is 37.8 Å². The summed E-state index contributed by atoms with van der Waals surface area (Å²) in [6.45, 7) is 0.419. The zero-order valence-electron chi connectivity index (χ0n) is 11.0. The second-order valence-electron chi connectivity index (χ2n) is 5.67. The van der Waals surface area contributed by atoms with Crippen LogP contribution in [0.5, 0.6) is 5.75 Å². The van der Waals surface area contributed by atoms with Crippen molar-refractivity contribution in [3.63, 3.8) is 0 Å². The van der Waals surface area contributed by atoms with Gasteiger partial charge in [-0.3, -0.25) is 0 Å². The fourth-order valence-electron chi connectivity index (χ4n) is 3.22. The molecular weight excluding hydrogens is 245 g/mol. The van der Waals surface area contributed by atoms with Crippen LogP contribution in [0.25, 0.3) is 0 Å². The zero-order chi connectivity index (χ0) is 13.3. The maximum absolute atomic E-state index is 13.6. The fraction of sp³-hybridized carbons (Fsp3) is 0.600. The summed E-state index contributed by atoms with van der Waals surface area (Å²) >= 11 is 0. The van der Waals surface area contributed by atoms with E-state index in [0.29, 0.717) is 12.3 Å². The van der Waals surface area contributed by atoms with Crippen molar-refractivity contribution in [3.05, 3.63) is 24.0 Å². The average Bonchev–Trinajstić information content (AvgIpc) is 2.99. The van der Waals surface area contributed by atoms with Crippen molar-refractivity contribution in [2.45, 2.75) is 50.2 Å². The highest BCUT2D eigenvalue weighted by Gasteiger charge is 2.42. The molecule has 1 atom stereocenters. The van der Waals surface area contributed by atoms with Crippen LogP contribution in [-0.2, 0) is 4.74 Å². The van der Waals surface area contributed by atoms with Gasteiger partial charge < -0.3 is 15.2 Å². The minimum atomic E-state index is -0.409. The van der Waals surface area contributed by atoms with Gasteiger partial charge in [0.15, 0.2) is 11.6 Å². The van der Waals surface area contributed by atoms with Crippen molar-refractivity contribution in [1.82, 2.24) is 0 Å². The van der Waals surface area contributed by atoms with Gasteiger partial charge in [0.25, 0.3) is 0 Å². The summed E-state index contributed by atoms with van der Waals surface area (Å²) in [5.41, 5.74) is 6.02. The quantitative estimate of drug-likeness (QED) is 0.853. The van der Waals surface area contributed by atoms with Crippen molar-refractivity contribution in [2.75, 3.05) is 12.3 Å². The van der Waals surface area contributed by atoms with Crippen molar-refractivity contribution in [2.24, 2.45) is 0 Å². The summed E-state index contributed by atoms with van der Waals surface area (Å²) in [7, 11) is 0. The number of anilines is 1. The molecule has 1 aromatic rings. The third kappa shape index (κ3) is 2.68. The third-order valence-corrected chi connectivity index (χ3v) is 4.23. The van der Waals surface area contributed by atoms with E-state index in [4.69, 9.17) is 15.2 Å². The van der Waals surface area contributed by atoms with Crippen LogP contribution in [0.15, 0.2) is 18.2 Å². The maximum atomic E-state index is 13.6. The van der Waals surface area contributed by atoms with Crippen LogP contribution in [0.4, 0.5) is 10.1 Å². The molecule has 3 rings (SSSR count). The van der Waals surface area contributed by atoms with Crippen molar-refractivity contribution in [1.29, 1.82) is 0 Å². The van der Waals surface area contributed by atoms with Crippen molar-refractivity contribution >= 4 is 5.69 Å². The Balaban J connectivity index is 1.55. The van der Waals surface area contributed by atoms with Crippen LogP contribution >= 0.6 is 0 Å². The molecule has 0 amide bonds. The molecular formula is C15H20FNO2. The van der Waals surface area contributed by atoms with Crippen LogP contribution in [0, 0.1) is 5.82 Å². The Morgan fingerprint density at radius 1 is 1.32 bits per heavy atom. The van der Waals surface area contributed by atoms with Crippen LogP contribution in [0.3, 0.4) is 0 Å². The standard InChI is InChI=1S/C15H20FNO2/c16-13-9-11(17)3-4-14(13)18-10-12-5-8-15(19-12)6-1-2-7-15/h3-4,9,12H,1-2,5-8,10,17H2. The monoisotopic (exact) mass is 265 g/mol. The fourth-order valence-corrected chi connectivity index (χ4v) is 3.22. The topological polar surface area (TPSA) is 44.5 Å². The van der Waals surface area contributed by atoms with Gasteiger partial charge in [0.2, 0.25) is 0 Å². The van der Waals surface area contributed by atoms with Gasteiger partial charge in [-0.2, -0.15) is 0 Å². The summed E-state index contributed by atoms with van der Waals surface area (Å²) in [6, 6.07) is 4.50. The number of halogens is 1. The summed E-state index contributed by atoms with van der Waals surface area (Å²) in [5, 5.41) is 0. The van der Waals surface area contributed by atoms with E-state index in [9.17, 15) is 4.39 Å². The molecule has 2 fully saturated rings. The van der Waals surface area contributed by atoms with E-state index in [1.807, 2.05) is 0 Å². The number of nitrogen functional groups attached to an aromatic ring is 1. The second kappa shape index (κ2) is 5.00. The number of hydrogen-bond donors (Lipinski definition) is 1. The Hall–Kier alpha value is -1.29. The van der Waals surface area contributed by atoms with Gasteiger partial charge in [0, 0.05) is 11.8 Å². The van der Waals surface area contributed by atoms with Gasteiger partial charge in [-0.15, -0.1) is 0 Å². The highest BCUT2D eigenvalue weighted by atomic mass is 19.1. The molecule has 1 heterocycles. The molecule has 2 aliphatic rings. The summed E-state index contributed by atoms with van der Waals surface area (Å²) in [4.78, 5) is 0. The molecule has 1 saturated carbocycles. The second-order valence-corrected chi connectivity index (χ2v) is 5.67. The Labute approximate surface area is 112 Å². The summed E-state index contributed by atoms with van der Waals surface area (Å²) in [5.74, 6) is -0.154. The molecule has 1 aliphatic carbocycles. The Bertz CT molecular complexity index is 457. The minimum Gasteiger partial charge on any atom is -0.488 e. The third-order valence-electron chi connectivity index (χ3n) is 4.23. The number of ether oxygens (including phenoxy) is 2. The lowest BCUT2D eigenvalue weighted by atomic mass is 9.98. The van der Waals surface area contributed by atoms with Crippen molar-refractivity contribution in [3.8, 4) is 5.75 Å². The Kier molecular flexibility index (Phi) is 3.35. The van der Waals surface area contributed by atoms with E-state index < -0.39 is 5.82 Å². The van der Waals surface area contributed by atoms with E-state index in [1.165, 1.54) is 31.7 Å². The van der Waals surface area contributed by atoms with Gasteiger partial charge >= 0.3 is 0 Å². The van der Waals surface area contributed by atoms with Crippen molar-refractivity contribution < 1.29 is 13.9 Å². The normalized spacial score (nSPS) is 25.0. The molecule has 3 nitrogen and oxygen atoms in total. The molecule has 2 N–H and O–H groups in total. The first-order chi connectivity index (χ1) is 9.17. The highest BCUT2D eigenvalue weighted by molar-refractivity contribution is 5.42. The SMILES string of the molecule is Nc1ccc(OCC2CCC3(CCCC3)O2)c(F)c1. The Morgan fingerprint density at radius 3 is 2.84 bits per heavy atom. The number of benzene rings is 1. The molecule has 0 radical (unpaired) electrons. The predicted octanol–water partition coefficient (Wildman–Crippen LogP) is 3.28. The van der Waals surface area contributed by atoms with Gasteiger partial charge in [0.1, 0.15) is 6.61 Å². The van der Waals surface area contributed by atoms with Crippen LogP contribution in [-0.4, -0.2) is 18.3 Å². The molecule has 1 saturated heterocycles. The average molecular weight is 265 g/mol. The minimum absolute atomic E-state index is 0.0926. The summed E-state index contributed by atoms with van der Waals surface area (Å²) in [6.07, 6.45) is 7.08. The number of hydrogen-bond acceptors (Lipinski definition) is 3. The molecule has 19 heavy (non-hydrogen) atoms. The first-order valence-corrected chi connectivity index (χ1v) is 7.03. The van der Waals surface area contributed by atoms with E-state index in [-0.39, 0.29) is 17.5 Å². The molecule has 104 valence electrons. The lowest BCUT2D eigenvalue weighted by molar-refractivity contribution is -0.0512. The molecule has 1 spiro atoms. The van der Waals surface area contributed by atoms with E-state index in [2.05, 4.69) is 0 Å². The first kappa shape index (κ1) is 12.7. The number of rotatable bonds is 3. The molecule has 1 aliphatic heterocycles. The smallest absolute Gasteiger partial charge is 0.167 e. The van der Waals surface area contributed by atoms with Gasteiger partial charge in [0.05, 0.1) is 11.7 Å². The van der Waals surface area contributed by atoms with E-state index >= 15 is 0 Å². The zero-order valence-corrected chi connectivity index (χ0v) is 11.0. The Morgan fingerprint density at radius 2 is 2.11 bits per heavy atom. The lowest BCUT2D eigenvalue weighted by Crippen LogP contribution is -2.27. The highest BCUT2D eigenvalue weighted by Crippen LogP contribution is 2.43. The van der Waals surface area contributed by atoms with E-state index in [0.717, 1.165) is 12.8 Å². The van der Waals surface area contributed by atoms with E-state index in [1.54, 1.807) is 12.1 Å². The maximum Gasteiger partial charge on any atom is 0.167 e. The lowest BCUT2D eigenvalue weighted by Gasteiger charge is -2.23. The largest absolute Gasteiger partial charge is 0.488 e.